The van der Waals surface area contributed by atoms with Crippen molar-refractivity contribution in [1.82, 2.24) is 24.8 Å². The molecule has 198 valence electrons. The van der Waals surface area contributed by atoms with Gasteiger partial charge >= 0.3 is 0 Å². The maximum Gasteiger partial charge on any atom is 0.273 e. The predicted molar refractivity (Wildman–Crippen MR) is 145 cm³/mol. The van der Waals surface area contributed by atoms with Gasteiger partial charge < -0.3 is 14.7 Å². The Hall–Kier alpha value is -4.08. The lowest BCUT2D eigenvalue weighted by Crippen LogP contribution is -2.54. The van der Waals surface area contributed by atoms with Crippen molar-refractivity contribution in [2.24, 2.45) is 0 Å². The van der Waals surface area contributed by atoms with Crippen LogP contribution in [-0.4, -0.2) is 74.2 Å². The molecule has 0 radical (unpaired) electrons. The smallest absolute Gasteiger partial charge is 0.273 e. The molecule has 3 amide bonds. The molecule has 1 saturated heterocycles. The average molecular weight is 516 g/mol. The number of aromatic nitrogens is 3. The molecule has 0 N–H and O–H groups in total. The summed E-state index contributed by atoms with van der Waals surface area (Å²) in [4.78, 5) is 59.8. The van der Waals surface area contributed by atoms with Crippen molar-refractivity contribution in [3.63, 3.8) is 0 Å². The molecule has 0 bridgehead atoms. The van der Waals surface area contributed by atoms with E-state index in [9.17, 15) is 14.4 Å². The number of anilines is 2. The molecule has 1 aromatic carbocycles. The normalized spacial score (nSPS) is 17.4. The summed E-state index contributed by atoms with van der Waals surface area (Å²) in [5.74, 6) is 0.497. The fourth-order valence-corrected chi connectivity index (χ4v) is 5.26. The molecule has 3 aromatic rings. The summed E-state index contributed by atoms with van der Waals surface area (Å²) in [7, 11) is 0. The van der Waals surface area contributed by atoms with Gasteiger partial charge in [-0.25, -0.2) is 4.98 Å². The van der Waals surface area contributed by atoms with Gasteiger partial charge in [0.2, 0.25) is 17.8 Å². The van der Waals surface area contributed by atoms with Crippen molar-refractivity contribution in [2.45, 2.75) is 59.8 Å². The van der Waals surface area contributed by atoms with E-state index in [0.29, 0.717) is 49.2 Å². The third-order valence-corrected chi connectivity index (χ3v) is 7.35. The summed E-state index contributed by atoms with van der Waals surface area (Å²) in [6, 6.07) is 9.86. The first-order valence-electron chi connectivity index (χ1n) is 13.0. The van der Waals surface area contributed by atoms with E-state index in [-0.39, 0.29) is 36.3 Å². The van der Waals surface area contributed by atoms with Crippen LogP contribution in [0.4, 0.5) is 11.8 Å². The van der Waals surface area contributed by atoms with E-state index in [1.165, 1.54) is 6.92 Å². The lowest BCUT2D eigenvalue weighted by atomic mass is 10.1. The molecule has 0 spiro atoms. The summed E-state index contributed by atoms with van der Waals surface area (Å²) >= 11 is 0. The molecule has 10 heteroatoms. The first kappa shape index (κ1) is 25.6. The second kappa shape index (κ2) is 10.00. The fraction of sp³-hybridized carbons (Fsp3) is 0.429. The highest BCUT2D eigenvalue weighted by Crippen LogP contribution is 2.34. The van der Waals surface area contributed by atoms with E-state index in [2.05, 4.69) is 4.98 Å². The third kappa shape index (κ3) is 4.66. The van der Waals surface area contributed by atoms with Gasteiger partial charge in [0.05, 0.1) is 18.8 Å². The highest BCUT2D eigenvalue weighted by Gasteiger charge is 2.37. The van der Waals surface area contributed by atoms with Crippen LogP contribution in [0.5, 0.6) is 0 Å². The molecule has 0 saturated carbocycles. The summed E-state index contributed by atoms with van der Waals surface area (Å²) in [6.07, 6.45) is 1.80. The first-order valence-corrected chi connectivity index (χ1v) is 13.0. The highest BCUT2D eigenvalue weighted by atomic mass is 16.2. The van der Waals surface area contributed by atoms with Crippen molar-refractivity contribution in [2.75, 3.05) is 29.4 Å². The quantitative estimate of drug-likeness (QED) is 0.515. The first-order chi connectivity index (χ1) is 18.1. The van der Waals surface area contributed by atoms with Crippen molar-refractivity contribution in [3.05, 3.63) is 53.5 Å². The van der Waals surface area contributed by atoms with E-state index in [1.54, 1.807) is 22.9 Å². The molecule has 1 fully saturated rings. The molecule has 2 aromatic heterocycles. The van der Waals surface area contributed by atoms with Gasteiger partial charge in [-0.15, -0.1) is 0 Å². The van der Waals surface area contributed by atoms with Crippen LogP contribution >= 0.6 is 0 Å². The minimum absolute atomic E-state index is 0.0277. The zero-order valence-electron chi connectivity index (χ0n) is 22.5. The van der Waals surface area contributed by atoms with Gasteiger partial charge in [0.15, 0.2) is 0 Å². The van der Waals surface area contributed by atoms with Crippen LogP contribution in [0.3, 0.4) is 0 Å². The maximum atomic E-state index is 13.4. The minimum atomic E-state index is -0.197. The van der Waals surface area contributed by atoms with Gasteiger partial charge in [0, 0.05) is 62.7 Å². The SMILES string of the molecule is CC(=O)N(Cc1cc2ccccc2cn1)c1nc(N2CCN(C(C)=O)[C@H](C)C2)nc2c1CN(C(C)C)C2=O. The van der Waals surface area contributed by atoms with Crippen LogP contribution in [0.15, 0.2) is 36.5 Å². The molecule has 10 nitrogen and oxygen atoms in total. The topological polar surface area (TPSA) is 103 Å². The largest absolute Gasteiger partial charge is 0.337 e. The Morgan fingerprint density at radius 1 is 1.11 bits per heavy atom. The van der Waals surface area contributed by atoms with Gasteiger partial charge in [0.25, 0.3) is 5.91 Å². The average Bonchev–Trinajstić information content (AvgIpc) is 3.23. The summed E-state index contributed by atoms with van der Waals surface area (Å²) in [5.41, 5.74) is 1.71. The number of rotatable bonds is 5. The third-order valence-electron chi connectivity index (χ3n) is 7.35. The van der Waals surface area contributed by atoms with Gasteiger partial charge in [-0.2, -0.15) is 4.98 Å². The minimum Gasteiger partial charge on any atom is -0.337 e. The molecule has 1 atom stereocenters. The molecule has 0 unspecified atom stereocenters. The number of carbonyl (C=O) groups is 3. The molecule has 2 aliphatic heterocycles. The number of carbonyl (C=O) groups excluding carboxylic acids is 3. The maximum absolute atomic E-state index is 13.4. The van der Waals surface area contributed by atoms with Crippen molar-refractivity contribution < 1.29 is 14.4 Å². The van der Waals surface area contributed by atoms with Crippen LogP contribution in [0.25, 0.3) is 10.8 Å². The molecule has 4 heterocycles. The van der Waals surface area contributed by atoms with Gasteiger partial charge in [-0.1, -0.05) is 24.3 Å². The molecule has 5 rings (SSSR count). The molecular formula is C28H33N7O3. The van der Waals surface area contributed by atoms with Crippen molar-refractivity contribution >= 4 is 40.3 Å². The number of benzene rings is 1. The Balaban J connectivity index is 1.56. The van der Waals surface area contributed by atoms with Crippen molar-refractivity contribution in [1.29, 1.82) is 0 Å². The molecule has 0 aliphatic carbocycles. The number of fused-ring (bicyclic) bond motifs is 2. The van der Waals surface area contributed by atoms with Gasteiger partial charge in [-0.05, 0) is 32.2 Å². The van der Waals surface area contributed by atoms with E-state index in [0.717, 1.165) is 16.5 Å². The molecule has 2 aliphatic rings. The summed E-state index contributed by atoms with van der Waals surface area (Å²) in [5, 5.41) is 2.06. The standard InChI is InChI=1S/C28H33N7O3/c1-17(2)34-16-24-25(27(34)38)30-28(32-10-11-33(19(4)36)18(3)14-32)31-26(24)35(20(5)37)15-23-12-21-8-6-7-9-22(21)13-29-23/h6-9,12-13,17-18H,10-11,14-16H2,1-5H3/t18-/m1/s1. The Bertz CT molecular complexity index is 1420. The zero-order valence-corrected chi connectivity index (χ0v) is 22.5. The number of piperazine rings is 1. The number of hydrogen-bond donors (Lipinski definition) is 0. The van der Waals surface area contributed by atoms with Crippen molar-refractivity contribution in [3.8, 4) is 0 Å². The lowest BCUT2D eigenvalue weighted by Gasteiger charge is -2.39. The highest BCUT2D eigenvalue weighted by molar-refractivity contribution is 6.00. The monoisotopic (exact) mass is 515 g/mol. The predicted octanol–water partition coefficient (Wildman–Crippen LogP) is 3.00. The van der Waals surface area contributed by atoms with Gasteiger partial charge in [0.1, 0.15) is 11.5 Å². The van der Waals surface area contributed by atoms with Gasteiger partial charge in [-0.3, -0.25) is 24.3 Å². The summed E-state index contributed by atoms with van der Waals surface area (Å²) < 4.78 is 0. The van der Waals surface area contributed by atoms with Crippen LogP contribution in [0.1, 0.15) is 56.4 Å². The number of amides is 3. The van der Waals surface area contributed by atoms with Crippen LogP contribution in [0.2, 0.25) is 0 Å². The number of hydrogen-bond acceptors (Lipinski definition) is 7. The fourth-order valence-electron chi connectivity index (χ4n) is 5.26. The Morgan fingerprint density at radius 2 is 1.84 bits per heavy atom. The van der Waals surface area contributed by atoms with E-state index < -0.39 is 0 Å². The van der Waals surface area contributed by atoms with Crippen LogP contribution < -0.4 is 9.80 Å². The second-order valence-electron chi connectivity index (χ2n) is 10.3. The second-order valence-corrected chi connectivity index (χ2v) is 10.3. The Morgan fingerprint density at radius 3 is 2.50 bits per heavy atom. The zero-order chi connectivity index (χ0) is 27.1. The van der Waals surface area contributed by atoms with Crippen LogP contribution in [0, 0.1) is 0 Å². The number of pyridine rings is 1. The van der Waals surface area contributed by atoms with E-state index in [1.807, 2.05) is 60.9 Å². The summed E-state index contributed by atoms with van der Waals surface area (Å²) in [6.45, 7) is 11.1. The Kier molecular flexibility index (Phi) is 6.73. The molecular weight excluding hydrogens is 482 g/mol. The number of nitrogens with zero attached hydrogens (tertiary/aromatic N) is 7. The Labute approximate surface area is 222 Å². The lowest BCUT2D eigenvalue weighted by molar-refractivity contribution is -0.131. The van der Waals surface area contributed by atoms with Crippen LogP contribution in [-0.2, 0) is 22.7 Å². The van der Waals surface area contributed by atoms with E-state index in [4.69, 9.17) is 9.97 Å². The van der Waals surface area contributed by atoms with E-state index >= 15 is 0 Å². The molecule has 38 heavy (non-hydrogen) atoms.